The van der Waals surface area contributed by atoms with E-state index in [1.54, 1.807) is 7.11 Å². The average molecular weight is 324 g/mol. The van der Waals surface area contributed by atoms with Crippen LogP contribution >= 0.6 is 0 Å². The number of ether oxygens (including phenoxy) is 1. The first kappa shape index (κ1) is 16.8. The van der Waals surface area contributed by atoms with Gasteiger partial charge in [-0.05, 0) is 61.7 Å². The number of methoxy groups -OCH3 is 1. The third-order valence-electron chi connectivity index (χ3n) is 4.99. The van der Waals surface area contributed by atoms with E-state index in [0.29, 0.717) is 0 Å². The van der Waals surface area contributed by atoms with Gasteiger partial charge in [0.25, 0.3) is 0 Å². The maximum Gasteiger partial charge on any atom is 0.119 e. The van der Waals surface area contributed by atoms with E-state index in [1.165, 1.54) is 36.2 Å². The molecule has 1 aliphatic rings. The molecule has 24 heavy (non-hydrogen) atoms. The third kappa shape index (κ3) is 4.30. The van der Waals surface area contributed by atoms with Crippen molar-refractivity contribution in [2.75, 3.05) is 44.7 Å². The minimum absolute atomic E-state index is 0.925. The lowest BCUT2D eigenvalue weighted by molar-refractivity contribution is 0.255. The lowest BCUT2D eigenvalue weighted by Crippen LogP contribution is -2.46. The summed E-state index contributed by atoms with van der Waals surface area (Å²) in [6, 6.07) is 17.2. The van der Waals surface area contributed by atoms with Crippen LogP contribution < -0.4 is 9.64 Å². The summed E-state index contributed by atoms with van der Waals surface area (Å²) in [6.45, 7) is 7.93. The van der Waals surface area contributed by atoms with E-state index in [1.807, 2.05) is 12.1 Å². The van der Waals surface area contributed by atoms with E-state index in [0.717, 1.165) is 31.9 Å². The molecule has 0 radical (unpaired) electrons. The minimum atomic E-state index is 0.925. The van der Waals surface area contributed by atoms with Crippen molar-refractivity contribution in [2.45, 2.75) is 19.8 Å². The maximum absolute atomic E-state index is 5.24. The van der Waals surface area contributed by atoms with Gasteiger partial charge in [0.1, 0.15) is 5.75 Å². The molecule has 1 aliphatic heterocycles. The summed E-state index contributed by atoms with van der Waals surface area (Å²) in [7, 11) is 1.71. The van der Waals surface area contributed by atoms with Crippen molar-refractivity contribution in [3.63, 3.8) is 0 Å². The van der Waals surface area contributed by atoms with Gasteiger partial charge in [-0.25, -0.2) is 0 Å². The summed E-state index contributed by atoms with van der Waals surface area (Å²) in [5.41, 5.74) is 4.21. The van der Waals surface area contributed by atoms with E-state index in [2.05, 4.69) is 53.1 Å². The molecular weight excluding hydrogens is 296 g/mol. The second-order valence-corrected chi connectivity index (χ2v) is 6.56. The number of aryl methyl sites for hydroxylation is 2. The number of anilines is 1. The minimum Gasteiger partial charge on any atom is -0.497 e. The number of hydrogen-bond donors (Lipinski definition) is 0. The monoisotopic (exact) mass is 324 g/mol. The molecule has 0 saturated carbocycles. The van der Waals surface area contributed by atoms with Crippen molar-refractivity contribution in [3.05, 3.63) is 59.7 Å². The largest absolute Gasteiger partial charge is 0.497 e. The summed E-state index contributed by atoms with van der Waals surface area (Å²) < 4.78 is 5.24. The number of nitrogens with zero attached hydrogens (tertiary/aromatic N) is 2. The molecule has 0 bridgehead atoms. The lowest BCUT2D eigenvalue weighted by Gasteiger charge is -2.36. The Bertz CT molecular complexity index is 631. The van der Waals surface area contributed by atoms with Crippen LogP contribution in [0.3, 0.4) is 0 Å². The molecule has 0 aromatic heterocycles. The molecule has 0 unspecified atom stereocenters. The van der Waals surface area contributed by atoms with Crippen molar-refractivity contribution in [1.82, 2.24) is 4.90 Å². The zero-order chi connectivity index (χ0) is 16.8. The van der Waals surface area contributed by atoms with Crippen molar-refractivity contribution in [1.29, 1.82) is 0 Å². The predicted octanol–water partition coefficient (Wildman–Crippen LogP) is 3.76. The third-order valence-corrected chi connectivity index (χ3v) is 4.99. The smallest absolute Gasteiger partial charge is 0.119 e. The van der Waals surface area contributed by atoms with Gasteiger partial charge in [0.15, 0.2) is 0 Å². The molecule has 2 aromatic carbocycles. The van der Waals surface area contributed by atoms with Gasteiger partial charge in [0, 0.05) is 31.9 Å². The van der Waals surface area contributed by atoms with E-state index in [9.17, 15) is 0 Å². The molecule has 3 heteroatoms. The molecule has 3 rings (SSSR count). The first-order valence-electron chi connectivity index (χ1n) is 8.92. The molecular formula is C21H28N2O. The predicted molar refractivity (Wildman–Crippen MR) is 101 cm³/mol. The van der Waals surface area contributed by atoms with Gasteiger partial charge >= 0.3 is 0 Å². The van der Waals surface area contributed by atoms with Gasteiger partial charge in [0.05, 0.1) is 7.11 Å². The van der Waals surface area contributed by atoms with Gasteiger partial charge in [-0.1, -0.05) is 24.3 Å². The second kappa shape index (κ2) is 8.20. The Labute approximate surface area is 145 Å². The van der Waals surface area contributed by atoms with Crippen LogP contribution in [0.15, 0.2) is 48.5 Å². The fourth-order valence-corrected chi connectivity index (χ4v) is 3.41. The summed E-state index contributed by atoms with van der Waals surface area (Å²) in [5.74, 6) is 0.925. The van der Waals surface area contributed by atoms with E-state index >= 15 is 0 Å². The zero-order valence-corrected chi connectivity index (χ0v) is 14.9. The summed E-state index contributed by atoms with van der Waals surface area (Å²) in [4.78, 5) is 5.07. The van der Waals surface area contributed by atoms with E-state index in [-0.39, 0.29) is 0 Å². The van der Waals surface area contributed by atoms with Crippen molar-refractivity contribution in [3.8, 4) is 5.75 Å². The van der Waals surface area contributed by atoms with Crippen LogP contribution in [-0.2, 0) is 6.42 Å². The topological polar surface area (TPSA) is 15.7 Å². The van der Waals surface area contributed by atoms with Crippen LogP contribution in [0.2, 0.25) is 0 Å². The zero-order valence-electron chi connectivity index (χ0n) is 14.9. The maximum atomic E-state index is 5.24. The number of hydrogen-bond acceptors (Lipinski definition) is 3. The standard InChI is InChI=1S/C21H28N2O/c1-18-6-3-4-7-19(18)8-5-13-22-14-16-23(17-15-22)20-9-11-21(24-2)12-10-20/h3-4,6-7,9-12H,5,8,13-17H2,1-2H3. The molecule has 2 aromatic rings. The van der Waals surface area contributed by atoms with Gasteiger partial charge < -0.3 is 9.64 Å². The molecule has 0 N–H and O–H groups in total. The van der Waals surface area contributed by atoms with Crippen molar-refractivity contribution in [2.24, 2.45) is 0 Å². The van der Waals surface area contributed by atoms with Crippen molar-refractivity contribution < 1.29 is 4.74 Å². The van der Waals surface area contributed by atoms with Crippen molar-refractivity contribution >= 4 is 5.69 Å². The molecule has 0 spiro atoms. The molecule has 1 saturated heterocycles. The molecule has 1 heterocycles. The Balaban J connectivity index is 1.42. The van der Waals surface area contributed by atoms with Gasteiger partial charge in [-0.15, -0.1) is 0 Å². The Morgan fingerprint density at radius 3 is 2.29 bits per heavy atom. The molecule has 0 atom stereocenters. The highest BCUT2D eigenvalue weighted by atomic mass is 16.5. The lowest BCUT2D eigenvalue weighted by atomic mass is 10.0. The second-order valence-electron chi connectivity index (χ2n) is 6.56. The quantitative estimate of drug-likeness (QED) is 0.805. The van der Waals surface area contributed by atoms with Gasteiger partial charge in [0.2, 0.25) is 0 Å². The first-order valence-corrected chi connectivity index (χ1v) is 8.92. The van der Waals surface area contributed by atoms with Crippen LogP contribution in [0.25, 0.3) is 0 Å². The number of rotatable bonds is 6. The number of benzene rings is 2. The summed E-state index contributed by atoms with van der Waals surface area (Å²) in [5, 5.41) is 0. The van der Waals surface area contributed by atoms with E-state index < -0.39 is 0 Å². The normalized spacial score (nSPS) is 15.5. The van der Waals surface area contributed by atoms with Crippen LogP contribution in [0.5, 0.6) is 5.75 Å². The Morgan fingerprint density at radius 2 is 1.62 bits per heavy atom. The SMILES string of the molecule is COc1ccc(N2CCN(CCCc3ccccc3C)CC2)cc1. The highest BCUT2D eigenvalue weighted by molar-refractivity contribution is 5.49. The molecule has 0 aliphatic carbocycles. The fraction of sp³-hybridized carbons (Fsp3) is 0.429. The van der Waals surface area contributed by atoms with Gasteiger partial charge in [-0.3, -0.25) is 4.90 Å². The van der Waals surface area contributed by atoms with Crippen LogP contribution in [0, 0.1) is 6.92 Å². The fourth-order valence-electron chi connectivity index (χ4n) is 3.41. The average Bonchev–Trinajstić information content (AvgIpc) is 2.64. The first-order chi connectivity index (χ1) is 11.8. The Morgan fingerprint density at radius 1 is 0.917 bits per heavy atom. The molecule has 128 valence electrons. The summed E-state index contributed by atoms with van der Waals surface area (Å²) >= 11 is 0. The molecule has 3 nitrogen and oxygen atoms in total. The number of piperazine rings is 1. The Kier molecular flexibility index (Phi) is 5.76. The van der Waals surface area contributed by atoms with E-state index in [4.69, 9.17) is 4.74 Å². The van der Waals surface area contributed by atoms with Gasteiger partial charge in [-0.2, -0.15) is 0 Å². The van der Waals surface area contributed by atoms with Crippen LogP contribution in [0.1, 0.15) is 17.5 Å². The highest BCUT2D eigenvalue weighted by Crippen LogP contribution is 2.20. The van der Waals surface area contributed by atoms with Crippen LogP contribution in [-0.4, -0.2) is 44.7 Å². The Hall–Kier alpha value is -2.00. The summed E-state index contributed by atoms with van der Waals surface area (Å²) in [6.07, 6.45) is 2.43. The highest BCUT2D eigenvalue weighted by Gasteiger charge is 2.16. The molecule has 1 fully saturated rings. The molecule has 0 amide bonds. The van der Waals surface area contributed by atoms with Crippen LogP contribution in [0.4, 0.5) is 5.69 Å².